The number of aryl methyl sites for hydroxylation is 2. The molecule has 0 aliphatic carbocycles. The van der Waals surface area contributed by atoms with Crippen LogP contribution in [0.4, 0.5) is 5.69 Å². The van der Waals surface area contributed by atoms with Gasteiger partial charge in [-0.1, -0.05) is 12.1 Å². The zero-order chi connectivity index (χ0) is 17.5. The van der Waals surface area contributed by atoms with Crippen molar-refractivity contribution in [1.29, 1.82) is 0 Å². The van der Waals surface area contributed by atoms with Crippen LogP contribution >= 0.6 is 0 Å². The van der Waals surface area contributed by atoms with Crippen LogP contribution < -0.4 is 5.32 Å². The normalized spacial score (nSPS) is 10.3. The molecule has 1 heterocycles. The van der Waals surface area contributed by atoms with E-state index >= 15 is 0 Å². The van der Waals surface area contributed by atoms with E-state index in [1.54, 1.807) is 17.3 Å². The molecule has 0 spiro atoms. The predicted octanol–water partition coefficient (Wildman–Crippen LogP) is 2.73. The second kappa shape index (κ2) is 8.24. The lowest BCUT2D eigenvalue weighted by molar-refractivity contribution is -0.143. The van der Waals surface area contributed by atoms with Crippen molar-refractivity contribution in [3.05, 3.63) is 59.4 Å². The minimum atomic E-state index is -0.597. The number of carbonyl (C=O) groups is 2. The fourth-order valence-corrected chi connectivity index (χ4v) is 2.41. The number of nitrogens with zero attached hydrogens (tertiary/aromatic N) is 2. The summed E-state index contributed by atoms with van der Waals surface area (Å²) in [6.45, 7) is 6.71. The third-order valence-electron chi connectivity index (χ3n) is 3.92. The molecule has 5 nitrogen and oxygen atoms in total. The van der Waals surface area contributed by atoms with Crippen LogP contribution in [-0.2, 0) is 16.0 Å². The second-order valence-electron chi connectivity index (χ2n) is 5.76. The summed E-state index contributed by atoms with van der Waals surface area (Å²) in [6.07, 6.45) is 4.14. The molecule has 0 saturated carbocycles. The molecule has 2 amide bonds. The standard InChI is InChI=1S/C19H23N3O2/c1-4-22(12-9-16-7-10-20-11-8-16)19(24)18(23)21-17-13-14(2)5-6-15(17)3/h5-8,10-11,13H,4,9,12H2,1-3H3,(H,21,23). The van der Waals surface area contributed by atoms with Gasteiger partial charge in [0, 0.05) is 31.2 Å². The van der Waals surface area contributed by atoms with E-state index < -0.39 is 11.8 Å². The minimum Gasteiger partial charge on any atom is -0.334 e. The monoisotopic (exact) mass is 325 g/mol. The van der Waals surface area contributed by atoms with E-state index in [1.165, 1.54) is 0 Å². The van der Waals surface area contributed by atoms with E-state index in [2.05, 4.69) is 10.3 Å². The Labute approximate surface area is 142 Å². The summed E-state index contributed by atoms with van der Waals surface area (Å²) in [7, 11) is 0. The predicted molar refractivity (Wildman–Crippen MR) is 94.7 cm³/mol. The molecule has 0 bridgehead atoms. The largest absolute Gasteiger partial charge is 0.334 e. The third-order valence-corrected chi connectivity index (χ3v) is 3.92. The quantitative estimate of drug-likeness (QED) is 0.860. The average Bonchev–Trinajstić information content (AvgIpc) is 2.59. The summed E-state index contributed by atoms with van der Waals surface area (Å²) in [6, 6.07) is 9.59. The molecule has 1 N–H and O–H groups in total. The number of amides is 2. The summed E-state index contributed by atoms with van der Waals surface area (Å²) >= 11 is 0. The fraction of sp³-hybridized carbons (Fsp3) is 0.316. The molecule has 0 atom stereocenters. The maximum atomic E-state index is 12.4. The highest BCUT2D eigenvalue weighted by atomic mass is 16.2. The van der Waals surface area contributed by atoms with Crippen LogP contribution in [0.25, 0.3) is 0 Å². The average molecular weight is 325 g/mol. The Balaban J connectivity index is 1.99. The first-order chi connectivity index (χ1) is 11.5. The molecule has 0 unspecified atom stereocenters. The molecule has 0 aliphatic rings. The molecule has 2 rings (SSSR count). The van der Waals surface area contributed by atoms with Gasteiger partial charge in [-0.25, -0.2) is 0 Å². The Morgan fingerprint density at radius 1 is 1.12 bits per heavy atom. The van der Waals surface area contributed by atoms with Crippen LogP contribution in [0.5, 0.6) is 0 Å². The number of anilines is 1. The van der Waals surface area contributed by atoms with Crippen LogP contribution in [0.1, 0.15) is 23.6 Å². The highest BCUT2D eigenvalue weighted by Gasteiger charge is 2.21. The van der Waals surface area contributed by atoms with E-state index in [9.17, 15) is 9.59 Å². The Morgan fingerprint density at radius 2 is 1.83 bits per heavy atom. The first kappa shape index (κ1) is 17.7. The van der Waals surface area contributed by atoms with Crippen LogP contribution in [-0.4, -0.2) is 34.8 Å². The molecule has 2 aromatic rings. The minimum absolute atomic E-state index is 0.490. The molecule has 0 aliphatic heterocycles. The van der Waals surface area contributed by atoms with Gasteiger partial charge in [-0.05, 0) is 62.1 Å². The molecule has 0 fully saturated rings. The first-order valence-corrected chi connectivity index (χ1v) is 8.07. The van der Waals surface area contributed by atoms with Crippen molar-refractivity contribution in [3.63, 3.8) is 0 Å². The Kier molecular flexibility index (Phi) is 6.07. The number of hydrogen-bond acceptors (Lipinski definition) is 3. The van der Waals surface area contributed by atoms with E-state index in [0.29, 0.717) is 25.2 Å². The molecular weight excluding hydrogens is 302 g/mol. The van der Waals surface area contributed by atoms with Gasteiger partial charge in [0.1, 0.15) is 0 Å². The van der Waals surface area contributed by atoms with Crippen molar-refractivity contribution in [1.82, 2.24) is 9.88 Å². The zero-order valence-electron chi connectivity index (χ0n) is 14.4. The lowest BCUT2D eigenvalue weighted by Gasteiger charge is -2.20. The number of pyridine rings is 1. The first-order valence-electron chi connectivity index (χ1n) is 8.07. The molecule has 126 valence electrons. The van der Waals surface area contributed by atoms with Crippen LogP contribution in [0.15, 0.2) is 42.7 Å². The Bertz CT molecular complexity index is 714. The van der Waals surface area contributed by atoms with Crippen molar-refractivity contribution in [2.24, 2.45) is 0 Å². The molecule has 0 radical (unpaired) electrons. The number of aromatic nitrogens is 1. The number of rotatable bonds is 5. The van der Waals surface area contributed by atoms with Crippen molar-refractivity contribution >= 4 is 17.5 Å². The zero-order valence-corrected chi connectivity index (χ0v) is 14.4. The number of benzene rings is 1. The molecule has 5 heteroatoms. The smallest absolute Gasteiger partial charge is 0.313 e. The van der Waals surface area contributed by atoms with Gasteiger partial charge >= 0.3 is 11.8 Å². The van der Waals surface area contributed by atoms with Crippen molar-refractivity contribution in [2.45, 2.75) is 27.2 Å². The highest BCUT2D eigenvalue weighted by molar-refractivity contribution is 6.39. The molecule has 0 saturated heterocycles. The lowest BCUT2D eigenvalue weighted by Crippen LogP contribution is -2.40. The number of nitrogens with one attached hydrogen (secondary N) is 1. The maximum Gasteiger partial charge on any atom is 0.313 e. The number of likely N-dealkylation sites (N-methyl/N-ethyl adjacent to an activating group) is 1. The van der Waals surface area contributed by atoms with E-state index in [1.807, 2.05) is 51.1 Å². The number of hydrogen-bond donors (Lipinski definition) is 1. The van der Waals surface area contributed by atoms with Crippen LogP contribution in [0.2, 0.25) is 0 Å². The summed E-state index contributed by atoms with van der Waals surface area (Å²) < 4.78 is 0. The molecule has 1 aromatic heterocycles. The number of carbonyl (C=O) groups excluding carboxylic acids is 2. The highest BCUT2D eigenvalue weighted by Crippen LogP contribution is 2.16. The van der Waals surface area contributed by atoms with Gasteiger partial charge in [0.2, 0.25) is 0 Å². The van der Waals surface area contributed by atoms with E-state index in [0.717, 1.165) is 16.7 Å². The molecule has 1 aromatic carbocycles. The van der Waals surface area contributed by atoms with Gasteiger partial charge in [0.25, 0.3) is 0 Å². The van der Waals surface area contributed by atoms with Crippen molar-refractivity contribution in [2.75, 3.05) is 18.4 Å². The lowest BCUT2D eigenvalue weighted by atomic mass is 10.1. The van der Waals surface area contributed by atoms with Crippen LogP contribution in [0, 0.1) is 13.8 Å². The van der Waals surface area contributed by atoms with E-state index in [4.69, 9.17) is 0 Å². The molecule has 24 heavy (non-hydrogen) atoms. The van der Waals surface area contributed by atoms with Gasteiger partial charge in [-0.2, -0.15) is 0 Å². The SMILES string of the molecule is CCN(CCc1ccncc1)C(=O)C(=O)Nc1cc(C)ccc1C. The second-order valence-corrected chi connectivity index (χ2v) is 5.76. The molecular formula is C19H23N3O2. The fourth-order valence-electron chi connectivity index (χ4n) is 2.41. The van der Waals surface area contributed by atoms with Gasteiger partial charge in [0.05, 0.1) is 0 Å². The van der Waals surface area contributed by atoms with Crippen molar-refractivity contribution in [3.8, 4) is 0 Å². The summed E-state index contributed by atoms with van der Waals surface area (Å²) in [5.41, 5.74) is 3.74. The van der Waals surface area contributed by atoms with Gasteiger partial charge in [0.15, 0.2) is 0 Å². The van der Waals surface area contributed by atoms with Gasteiger partial charge < -0.3 is 10.2 Å². The topological polar surface area (TPSA) is 62.3 Å². The van der Waals surface area contributed by atoms with Crippen LogP contribution in [0.3, 0.4) is 0 Å². The Hall–Kier alpha value is -2.69. The van der Waals surface area contributed by atoms with Crippen molar-refractivity contribution < 1.29 is 9.59 Å². The summed E-state index contributed by atoms with van der Waals surface area (Å²) in [4.78, 5) is 30.2. The summed E-state index contributed by atoms with van der Waals surface area (Å²) in [5.74, 6) is -1.10. The summed E-state index contributed by atoms with van der Waals surface area (Å²) in [5, 5.41) is 2.72. The van der Waals surface area contributed by atoms with E-state index in [-0.39, 0.29) is 0 Å². The maximum absolute atomic E-state index is 12.4. The van der Waals surface area contributed by atoms with Gasteiger partial charge in [-0.3, -0.25) is 14.6 Å². The Morgan fingerprint density at radius 3 is 2.50 bits per heavy atom. The third kappa shape index (κ3) is 4.65. The van der Waals surface area contributed by atoms with Gasteiger partial charge in [-0.15, -0.1) is 0 Å².